The van der Waals surface area contributed by atoms with Crippen molar-refractivity contribution in [2.45, 2.75) is 51.2 Å². The van der Waals surface area contributed by atoms with E-state index < -0.39 is 8.07 Å². The van der Waals surface area contributed by atoms with Gasteiger partial charge in [0, 0.05) is 0 Å². The van der Waals surface area contributed by atoms with Crippen LogP contribution < -0.4 is 9.92 Å². The summed E-state index contributed by atoms with van der Waals surface area (Å²) in [6, 6.07) is 11.4. The van der Waals surface area contributed by atoms with Gasteiger partial charge in [0.05, 0.1) is 8.07 Å². The molecule has 2 aliphatic carbocycles. The highest BCUT2D eigenvalue weighted by Crippen LogP contribution is 2.54. The second-order valence-electron chi connectivity index (χ2n) is 7.68. The molecule has 2 heteroatoms. The molecule has 0 heterocycles. The van der Waals surface area contributed by atoms with Crippen molar-refractivity contribution in [1.29, 1.82) is 0 Å². The Morgan fingerprint density at radius 1 is 1.24 bits per heavy atom. The van der Waals surface area contributed by atoms with Crippen LogP contribution in [0.3, 0.4) is 0 Å². The SMILES string of the molecule is C=CCOc1ccccc1[Si](CC)(CC)C1C2=CC=CCC2CC1C. The third-order valence-electron chi connectivity index (χ3n) is 6.54. The number of ether oxygens (including phenoxy) is 1. The Kier molecular flexibility index (Phi) is 5.68. The molecule has 3 rings (SSSR count). The summed E-state index contributed by atoms with van der Waals surface area (Å²) in [6.07, 6.45) is 11.5. The molecule has 1 fully saturated rings. The molecular formula is C23H32OSi. The first-order chi connectivity index (χ1) is 12.2. The van der Waals surface area contributed by atoms with Crippen LogP contribution in [0, 0.1) is 11.8 Å². The Morgan fingerprint density at radius 3 is 2.72 bits per heavy atom. The summed E-state index contributed by atoms with van der Waals surface area (Å²) in [4.78, 5) is 0. The summed E-state index contributed by atoms with van der Waals surface area (Å²) in [5.41, 5.74) is 2.48. The number of fused-ring (bicyclic) bond motifs is 1. The molecule has 1 aromatic carbocycles. The van der Waals surface area contributed by atoms with Crippen molar-refractivity contribution < 1.29 is 4.74 Å². The lowest BCUT2D eigenvalue weighted by atomic mass is 9.94. The average Bonchev–Trinajstić information content (AvgIpc) is 2.99. The van der Waals surface area contributed by atoms with Gasteiger partial charge in [-0.1, -0.05) is 87.5 Å². The quantitative estimate of drug-likeness (QED) is 0.441. The van der Waals surface area contributed by atoms with Crippen molar-refractivity contribution in [3.8, 4) is 5.75 Å². The third-order valence-corrected chi connectivity index (χ3v) is 12.6. The predicted octanol–water partition coefficient (Wildman–Crippen LogP) is 5.86. The minimum atomic E-state index is -1.71. The fourth-order valence-corrected chi connectivity index (χ4v) is 11.2. The maximum absolute atomic E-state index is 6.11. The Hall–Kier alpha value is -1.54. The van der Waals surface area contributed by atoms with Gasteiger partial charge < -0.3 is 4.74 Å². The molecular weight excluding hydrogens is 320 g/mol. The zero-order chi connectivity index (χ0) is 17.9. The highest BCUT2D eigenvalue weighted by Gasteiger charge is 2.50. The van der Waals surface area contributed by atoms with Crippen molar-refractivity contribution in [3.05, 3.63) is 60.7 Å². The van der Waals surface area contributed by atoms with E-state index in [1.165, 1.54) is 30.1 Å². The zero-order valence-corrected chi connectivity index (χ0v) is 17.0. The second kappa shape index (κ2) is 7.78. The highest BCUT2D eigenvalue weighted by molar-refractivity contribution is 6.94. The summed E-state index contributed by atoms with van der Waals surface area (Å²) < 4.78 is 6.11. The Balaban J connectivity index is 2.10. The van der Waals surface area contributed by atoms with Crippen molar-refractivity contribution in [1.82, 2.24) is 0 Å². The summed E-state index contributed by atoms with van der Waals surface area (Å²) in [7, 11) is -1.71. The van der Waals surface area contributed by atoms with Gasteiger partial charge >= 0.3 is 0 Å². The van der Waals surface area contributed by atoms with Crippen LogP contribution in [0.5, 0.6) is 5.75 Å². The van der Waals surface area contributed by atoms with E-state index in [0.717, 1.165) is 23.1 Å². The molecule has 0 saturated heterocycles. The molecule has 25 heavy (non-hydrogen) atoms. The van der Waals surface area contributed by atoms with E-state index in [9.17, 15) is 0 Å². The minimum absolute atomic E-state index is 0.587. The van der Waals surface area contributed by atoms with Crippen LogP contribution in [0.25, 0.3) is 0 Å². The van der Waals surface area contributed by atoms with E-state index in [4.69, 9.17) is 4.74 Å². The van der Waals surface area contributed by atoms with Gasteiger partial charge in [-0.05, 0) is 41.5 Å². The molecule has 134 valence electrons. The number of allylic oxidation sites excluding steroid dienone is 4. The normalized spacial score (nSPS) is 25.4. The van der Waals surface area contributed by atoms with Crippen LogP contribution >= 0.6 is 0 Å². The maximum atomic E-state index is 6.11. The van der Waals surface area contributed by atoms with Gasteiger partial charge in [0.15, 0.2) is 0 Å². The standard InChI is InChI=1S/C23H32OSi/c1-5-16-24-21-14-10-11-15-22(21)25(6-2,7-3)23-18(4)17-19-12-8-9-13-20(19)23/h5,8-11,13-15,18-19,23H,1,6-7,12,16-17H2,2-4H3. The molecule has 0 bridgehead atoms. The van der Waals surface area contributed by atoms with Crippen LogP contribution in [-0.2, 0) is 0 Å². The largest absolute Gasteiger partial charge is 0.490 e. The minimum Gasteiger partial charge on any atom is -0.490 e. The first-order valence-electron chi connectivity index (χ1n) is 9.87. The van der Waals surface area contributed by atoms with Gasteiger partial charge in [-0.3, -0.25) is 0 Å². The summed E-state index contributed by atoms with van der Waals surface area (Å²) in [5, 5.41) is 1.52. The lowest BCUT2D eigenvalue weighted by molar-refractivity contribution is 0.365. The van der Waals surface area contributed by atoms with Crippen molar-refractivity contribution >= 4 is 13.3 Å². The van der Waals surface area contributed by atoms with Crippen LogP contribution in [0.1, 0.15) is 33.6 Å². The van der Waals surface area contributed by atoms with E-state index in [0.29, 0.717) is 6.61 Å². The van der Waals surface area contributed by atoms with E-state index in [1.807, 2.05) is 6.08 Å². The third kappa shape index (κ3) is 3.17. The van der Waals surface area contributed by atoms with E-state index >= 15 is 0 Å². The van der Waals surface area contributed by atoms with E-state index in [1.54, 1.807) is 5.57 Å². The van der Waals surface area contributed by atoms with Crippen LogP contribution in [0.4, 0.5) is 0 Å². The molecule has 0 radical (unpaired) electrons. The number of para-hydroxylation sites is 1. The maximum Gasteiger partial charge on any atom is 0.119 e. The second-order valence-corrected chi connectivity index (χ2v) is 12.6. The zero-order valence-electron chi connectivity index (χ0n) is 16.0. The van der Waals surface area contributed by atoms with Crippen molar-refractivity contribution in [2.24, 2.45) is 11.8 Å². The Morgan fingerprint density at radius 2 is 2.00 bits per heavy atom. The lowest BCUT2D eigenvalue weighted by Gasteiger charge is -2.41. The predicted molar refractivity (Wildman–Crippen MR) is 111 cm³/mol. The number of hydrogen-bond acceptors (Lipinski definition) is 1. The van der Waals surface area contributed by atoms with Gasteiger partial charge in [-0.25, -0.2) is 0 Å². The lowest BCUT2D eigenvalue weighted by Crippen LogP contribution is -2.52. The van der Waals surface area contributed by atoms with Crippen LogP contribution in [0.15, 0.2) is 60.7 Å². The number of benzene rings is 1. The van der Waals surface area contributed by atoms with Crippen molar-refractivity contribution in [2.75, 3.05) is 6.61 Å². The molecule has 2 aliphatic rings. The molecule has 3 unspecified atom stereocenters. The molecule has 3 atom stereocenters. The average molecular weight is 353 g/mol. The highest BCUT2D eigenvalue weighted by atomic mass is 28.3. The number of rotatable bonds is 7. The van der Waals surface area contributed by atoms with Crippen molar-refractivity contribution in [3.63, 3.8) is 0 Å². The van der Waals surface area contributed by atoms with Crippen LogP contribution in [0.2, 0.25) is 17.6 Å². The van der Waals surface area contributed by atoms with Gasteiger partial charge in [0.1, 0.15) is 12.4 Å². The number of hydrogen-bond donors (Lipinski definition) is 0. The fraction of sp³-hybridized carbons (Fsp3) is 0.478. The van der Waals surface area contributed by atoms with Crippen LogP contribution in [-0.4, -0.2) is 14.7 Å². The summed E-state index contributed by atoms with van der Waals surface area (Å²) in [6.45, 7) is 11.7. The molecule has 0 aliphatic heterocycles. The molecule has 1 nitrogen and oxygen atoms in total. The Bertz CT molecular complexity index is 668. The molecule has 0 amide bonds. The smallest absolute Gasteiger partial charge is 0.119 e. The van der Waals surface area contributed by atoms with E-state index in [2.05, 4.69) is 69.8 Å². The molecule has 1 saturated carbocycles. The first-order valence-corrected chi connectivity index (χ1v) is 12.4. The summed E-state index contributed by atoms with van der Waals surface area (Å²) >= 11 is 0. The van der Waals surface area contributed by atoms with Gasteiger partial charge in [0.2, 0.25) is 0 Å². The van der Waals surface area contributed by atoms with Gasteiger partial charge in [0.25, 0.3) is 0 Å². The summed E-state index contributed by atoms with van der Waals surface area (Å²) in [5.74, 6) is 2.65. The first kappa shape index (κ1) is 18.3. The molecule has 0 spiro atoms. The molecule has 0 aromatic heterocycles. The van der Waals surface area contributed by atoms with E-state index in [-0.39, 0.29) is 0 Å². The topological polar surface area (TPSA) is 9.23 Å². The van der Waals surface area contributed by atoms with Gasteiger partial charge in [-0.2, -0.15) is 0 Å². The molecule has 1 aromatic rings. The monoisotopic (exact) mass is 352 g/mol. The molecule has 0 N–H and O–H groups in total. The fourth-order valence-electron chi connectivity index (χ4n) is 5.45. The Labute approximate surface area is 154 Å². The van der Waals surface area contributed by atoms with Gasteiger partial charge in [-0.15, -0.1) is 0 Å².